The lowest BCUT2D eigenvalue weighted by atomic mass is 10.0. The van der Waals surface area contributed by atoms with Gasteiger partial charge < -0.3 is 19.9 Å². The number of hydrogen-bond acceptors (Lipinski definition) is 4. The zero-order valence-corrected chi connectivity index (χ0v) is 18.1. The van der Waals surface area contributed by atoms with E-state index < -0.39 is 17.8 Å². The van der Waals surface area contributed by atoms with Crippen LogP contribution in [0.15, 0.2) is 34.8 Å². The van der Waals surface area contributed by atoms with Crippen molar-refractivity contribution >= 4 is 33.5 Å². The predicted molar refractivity (Wildman–Crippen MR) is 110 cm³/mol. The molecule has 0 radical (unpaired) electrons. The van der Waals surface area contributed by atoms with Gasteiger partial charge in [0.05, 0.1) is 16.6 Å². The number of nitrogens with one attached hydrogen (secondary N) is 1. The third-order valence-electron chi connectivity index (χ3n) is 4.17. The number of ether oxygens (including phenoxy) is 2. The molecule has 0 aliphatic heterocycles. The SMILES string of the molecule is COc1cc(CNC(C(=O)O)C(C)C)cc(Br)c1OCc1c(F)cccc1Cl. The van der Waals surface area contributed by atoms with Crippen molar-refractivity contribution in [2.45, 2.75) is 33.0 Å². The molecular formula is C20H22BrClFNO4. The molecule has 0 aliphatic rings. The normalized spacial score (nSPS) is 12.1. The maximum atomic E-state index is 13.9. The molecule has 0 heterocycles. The Morgan fingerprint density at radius 2 is 2.07 bits per heavy atom. The first-order chi connectivity index (χ1) is 13.2. The van der Waals surface area contributed by atoms with E-state index in [-0.39, 0.29) is 23.1 Å². The highest BCUT2D eigenvalue weighted by Crippen LogP contribution is 2.37. The van der Waals surface area contributed by atoms with Crippen molar-refractivity contribution in [3.05, 3.63) is 56.8 Å². The summed E-state index contributed by atoms with van der Waals surface area (Å²) >= 11 is 9.48. The molecule has 0 bridgehead atoms. The summed E-state index contributed by atoms with van der Waals surface area (Å²) in [6, 6.07) is 7.32. The summed E-state index contributed by atoms with van der Waals surface area (Å²) in [7, 11) is 1.50. The fourth-order valence-electron chi connectivity index (χ4n) is 2.67. The van der Waals surface area contributed by atoms with Crippen molar-refractivity contribution in [1.29, 1.82) is 0 Å². The van der Waals surface area contributed by atoms with Gasteiger partial charge in [-0.1, -0.05) is 31.5 Å². The molecule has 0 saturated carbocycles. The highest BCUT2D eigenvalue weighted by Gasteiger charge is 2.21. The number of benzene rings is 2. The Hall–Kier alpha value is -1.83. The summed E-state index contributed by atoms with van der Waals surface area (Å²) in [6.45, 7) is 3.95. The molecule has 28 heavy (non-hydrogen) atoms. The molecule has 5 nitrogen and oxygen atoms in total. The van der Waals surface area contributed by atoms with E-state index in [1.807, 2.05) is 13.8 Å². The molecule has 0 fully saturated rings. The molecular weight excluding hydrogens is 453 g/mol. The number of rotatable bonds is 9. The van der Waals surface area contributed by atoms with Crippen LogP contribution in [-0.4, -0.2) is 24.2 Å². The zero-order valence-electron chi connectivity index (χ0n) is 15.8. The van der Waals surface area contributed by atoms with Crippen molar-refractivity contribution < 1.29 is 23.8 Å². The van der Waals surface area contributed by atoms with Gasteiger partial charge in [0.1, 0.15) is 18.5 Å². The first-order valence-corrected chi connectivity index (χ1v) is 9.80. The molecule has 0 saturated heterocycles. The smallest absolute Gasteiger partial charge is 0.320 e. The maximum Gasteiger partial charge on any atom is 0.320 e. The molecule has 2 aromatic carbocycles. The quantitative estimate of drug-likeness (QED) is 0.534. The van der Waals surface area contributed by atoms with E-state index in [4.69, 9.17) is 21.1 Å². The van der Waals surface area contributed by atoms with Crippen LogP contribution < -0.4 is 14.8 Å². The molecule has 2 rings (SSSR count). The fourth-order valence-corrected chi connectivity index (χ4v) is 3.49. The maximum absolute atomic E-state index is 13.9. The van der Waals surface area contributed by atoms with Crippen LogP contribution in [0.5, 0.6) is 11.5 Å². The summed E-state index contributed by atoms with van der Waals surface area (Å²) in [5.74, 6) is -0.560. The third kappa shape index (κ3) is 5.59. The van der Waals surface area contributed by atoms with Crippen LogP contribution in [0.2, 0.25) is 5.02 Å². The monoisotopic (exact) mass is 473 g/mol. The van der Waals surface area contributed by atoms with Crippen LogP contribution in [0.4, 0.5) is 4.39 Å². The summed E-state index contributed by atoms with van der Waals surface area (Å²) in [5, 5.41) is 12.6. The van der Waals surface area contributed by atoms with Gasteiger partial charge in [0.2, 0.25) is 0 Å². The van der Waals surface area contributed by atoms with Crippen molar-refractivity contribution in [1.82, 2.24) is 5.32 Å². The Balaban J connectivity index is 2.18. The van der Waals surface area contributed by atoms with Crippen LogP contribution in [0.25, 0.3) is 0 Å². The van der Waals surface area contributed by atoms with Gasteiger partial charge in [0.25, 0.3) is 0 Å². The van der Waals surface area contributed by atoms with Crippen molar-refractivity contribution in [3.8, 4) is 11.5 Å². The summed E-state index contributed by atoms with van der Waals surface area (Å²) in [5.41, 5.74) is 1.07. The number of carboxylic acid groups (broad SMARTS) is 1. The number of hydrogen-bond donors (Lipinski definition) is 2. The Bertz CT molecular complexity index is 827. The number of carbonyl (C=O) groups is 1. The van der Waals surface area contributed by atoms with Gasteiger partial charge in [-0.2, -0.15) is 0 Å². The van der Waals surface area contributed by atoms with E-state index in [0.29, 0.717) is 22.5 Å². The molecule has 152 valence electrons. The second kappa shape index (κ2) is 10.1. The first-order valence-electron chi connectivity index (χ1n) is 8.62. The molecule has 2 N–H and O–H groups in total. The Morgan fingerprint density at radius 1 is 1.36 bits per heavy atom. The number of aliphatic carboxylic acids is 1. The number of halogens is 3. The van der Waals surface area contributed by atoms with Crippen LogP contribution in [-0.2, 0) is 17.9 Å². The number of methoxy groups -OCH3 is 1. The molecule has 0 amide bonds. The lowest BCUT2D eigenvalue weighted by Crippen LogP contribution is -2.40. The minimum atomic E-state index is -0.900. The van der Waals surface area contributed by atoms with Crippen LogP contribution >= 0.6 is 27.5 Å². The molecule has 8 heteroatoms. The second-order valence-electron chi connectivity index (χ2n) is 6.54. The Morgan fingerprint density at radius 3 is 2.64 bits per heavy atom. The van der Waals surface area contributed by atoms with Gasteiger partial charge in [-0.15, -0.1) is 0 Å². The standard InChI is InChI=1S/C20H22BrClFNO4/c1-11(2)18(20(25)26)24-9-12-7-14(21)19(17(8-12)27-3)28-10-13-15(22)5-4-6-16(13)23/h4-8,11,18,24H,9-10H2,1-3H3,(H,25,26). The Kier molecular flexibility index (Phi) is 8.10. The van der Waals surface area contributed by atoms with Gasteiger partial charge in [0, 0.05) is 12.1 Å². The van der Waals surface area contributed by atoms with E-state index in [2.05, 4.69) is 21.2 Å². The molecule has 1 unspecified atom stereocenters. The van der Waals surface area contributed by atoms with E-state index in [1.54, 1.807) is 18.2 Å². The third-order valence-corrected chi connectivity index (χ3v) is 5.11. The molecule has 0 spiro atoms. The Labute approximate surface area is 176 Å². The van der Waals surface area contributed by atoms with Crippen molar-refractivity contribution in [2.75, 3.05) is 7.11 Å². The van der Waals surface area contributed by atoms with Gasteiger partial charge in [-0.05, 0) is 51.7 Å². The average molecular weight is 475 g/mol. The van der Waals surface area contributed by atoms with Gasteiger partial charge >= 0.3 is 5.97 Å². The van der Waals surface area contributed by atoms with Gasteiger partial charge in [-0.25, -0.2) is 4.39 Å². The lowest BCUT2D eigenvalue weighted by molar-refractivity contribution is -0.140. The highest BCUT2D eigenvalue weighted by molar-refractivity contribution is 9.10. The second-order valence-corrected chi connectivity index (χ2v) is 7.80. The van der Waals surface area contributed by atoms with Gasteiger partial charge in [-0.3, -0.25) is 4.79 Å². The molecule has 0 aromatic heterocycles. The van der Waals surface area contributed by atoms with Crippen molar-refractivity contribution in [3.63, 3.8) is 0 Å². The van der Waals surface area contributed by atoms with E-state index in [9.17, 15) is 14.3 Å². The number of carboxylic acids is 1. The zero-order chi connectivity index (χ0) is 20.8. The summed E-state index contributed by atoms with van der Waals surface area (Å²) in [6.07, 6.45) is 0. The average Bonchev–Trinajstić information content (AvgIpc) is 2.61. The van der Waals surface area contributed by atoms with Crippen LogP contribution in [0, 0.1) is 11.7 Å². The van der Waals surface area contributed by atoms with Gasteiger partial charge in [0.15, 0.2) is 11.5 Å². The molecule has 0 aliphatic carbocycles. The molecule has 2 aromatic rings. The van der Waals surface area contributed by atoms with E-state index in [0.717, 1.165) is 5.56 Å². The van der Waals surface area contributed by atoms with E-state index >= 15 is 0 Å². The minimum Gasteiger partial charge on any atom is -0.493 e. The topological polar surface area (TPSA) is 67.8 Å². The summed E-state index contributed by atoms with van der Waals surface area (Å²) < 4.78 is 25.7. The molecule has 1 atom stereocenters. The van der Waals surface area contributed by atoms with Crippen LogP contribution in [0.3, 0.4) is 0 Å². The predicted octanol–water partition coefficient (Wildman–Crippen LogP) is 5.03. The largest absolute Gasteiger partial charge is 0.493 e. The van der Waals surface area contributed by atoms with Crippen molar-refractivity contribution in [2.24, 2.45) is 5.92 Å². The fraction of sp³-hybridized carbons (Fsp3) is 0.350. The minimum absolute atomic E-state index is 0.0593. The van der Waals surface area contributed by atoms with Crippen LogP contribution in [0.1, 0.15) is 25.0 Å². The lowest BCUT2D eigenvalue weighted by Gasteiger charge is -2.19. The summed E-state index contributed by atoms with van der Waals surface area (Å²) in [4.78, 5) is 11.3. The first kappa shape index (κ1) is 22.5. The van der Waals surface area contributed by atoms with E-state index in [1.165, 1.54) is 19.2 Å². The highest BCUT2D eigenvalue weighted by atomic mass is 79.9.